The van der Waals surface area contributed by atoms with E-state index >= 15 is 0 Å². The maximum Gasteiger partial charge on any atom is 0.295 e. The van der Waals surface area contributed by atoms with Crippen LogP contribution in [0.5, 0.6) is 17.2 Å². The van der Waals surface area contributed by atoms with Crippen molar-refractivity contribution in [2.24, 2.45) is 0 Å². The van der Waals surface area contributed by atoms with Crippen LogP contribution in [0.4, 0.5) is 0 Å². The van der Waals surface area contributed by atoms with Crippen LogP contribution in [0, 0.1) is 6.92 Å². The van der Waals surface area contributed by atoms with Gasteiger partial charge in [0.25, 0.3) is 11.7 Å². The van der Waals surface area contributed by atoms with Crippen LogP contribution in [0.15, 0.2) is 42.0 Å². The molecule has 1 atom stereocenters. The molecule has 0 aliphatic carbocycles. The molecule has 1 amide bonds. The van der Waals surface area contributed by atoms with E-state index < -0.39 is 17.7 Å². The van der Waals surface area contributed by atoms with Crippen molar-refractivity contribution in [3.8, 4) is 17.2 Å². The molecule has 2 aromatic carbocycles. The van der Waals surface area contributed by atoms with Gasteiger partial charge in [0.15, 0.2) is 11.5 Å². The number of carbonyl (C=O) groups excluding carboxylic acids is 2. The number of ketones is 1. The molecule has 194 valence electrons. The first kappa shape index (κ1) is 27.1. The molecule has 1 saturated heterocycles. The lowest BCUT2D eigenvalue weighted by atomic mass is 9.94. The van der Waals surface area contributed by atoms with Crippen molar-refractivity contribution < 1.29 is 28.9 Å². The van der Waals surface area contributed by atoms with Crippen molar-refractivity contribution >= 4 is 17.4 Å². The predicted molar refractivity (Wildman–Crippen MR) is 139 cm³/mol. The van der Waals surface area contributed by atoms with Crippen molar-refractivity contribution in [2.75, 3.05) is 48.0 Å². The summed E-state index contributed by atoms with van der Waals surface area (Å²) >= 11 is 0. The molecule has 8 heteroatoms. The number of aryl methyl sites for hydroxylation is 1. The quantitative estimate of drug-likeness (QED) is 0.216. The highest BCUT2D eigenvalue weighted by atomic mass is 16.5. The number of benzene rings is 2. The lowest BCUT2D eigenvalue weighted by molar-refractivity contribution is -0.140. The molecule has 1 aliphatic rings. The van der Waals surface area contributed by atoms with Gasteiger partial charge in [0, 0.05) is 18.7 Å². The van der Waals surface area contributed by atoms with E-state index in [1.54, 1.807) is 43.5 Å². The molecule has 1 heterocycles. The number of amides is 1. The van der Waals surface area contributed by atoms with Crippen LogP contribution in [0.25, 0.3) is 5.76 Å². The highest BCUT2D eigenvalue weighted by Crippen LogP contribution is 2.42. The summed E-state index contributed by atoms with van der Waals surface area (Å²) in [4.78, 5) is 29.8. The third-order valence-electron chi connectivity index (χ3n) is 6.26. The van der Waals surface area contributed by atoms with Gasteiger partial charge in [-0.05, 0) is 68.9 Å². The Morgan fingerprint density at radius 1 is 1.03 bits per heavy atom. The van der Waals surface area contributed by atoms with E-state index in [1.807, 2.05) is 25.9 Å². The molecule has 0 bridgehead atoms. The van der Waals surface area contributed by atoms with E-state index in [1.165, 1.54) is 12.0 Å². The van der Waals surface area contributed by atoms with Crippen LogP contribution in [0.1, 0.15) is 42.5 Å². The maximum absolute atomic E-state index is 13.3. The molecule has 1 aliphatic heterocycles. The summed E-state index contributed by atoms with van der Waals surface area (Å²) in [6.45, 7) is 5.47. The van der Waals surface area contributed by atoms with E-state index in [4.69, 9.17) is 14.2 Å². The van der Waals surface area contributed by atoms with Crippen LogP contribution in [-0.2, 0) is 9.59 Å². The van der Waals surface area contributed by atoms with Gasteiger partial charge in [-0.2, -0.15) is 0 Å². The predicted octanol–water partition coefficient (Wildman–Crippen LogP) is 4.17. The average molecular weight is 497 g/mol. The number of hydrogen-bond acceptors (Lipinski definition) is 7. The summed E-state index contributed by atoms with van der Waals surface area (Å²) in [5, 5.41) is 11.4. The highest BCUT2D eigenvalue weighted by molar-refractivity contribution is 6.46. The molecule has 1 N–H and O–H groups in total. The number of carbonyl (C=O) groups is 2. The number of likely N-dealkylation sites (tertiary alicyclic amines) is 1. The van der Waals surface area contributed by atoms with Crippen molar-refractivity contribution in [2.45, 2.75) is 32.7 Å². The highest BCUT2D eigenvalue weighted by Gasteiger charge is 2.46. The van der Waals surface area contributed by atoms with Gasteiger partial charge in [-0.3, -0.25) is 9.59 Å². The Morgan fingerprint density at radius 3 is 2.33 bits per heavy atom. The Hall–Kier alpha value is -3.52. The molecule has 0 saturated carbocycles. The SMILES string of the molecule is CCCCOc1ccc(/C(O)=C2\C(=O)C(=O)N(CCN(C)C)[C@@H]2c2ccc(OC)c(OC)c2)cc1C. The lowest BCUT2D eigenvalue weighted by Crippen LogP contribution is -2.35. The van der Waals surface area contributed by atoms with Gasteiger partial charge in [-0.15, -0.1) is 0 Å². The number of hydrogen-bond donors (Lipinski definition) is 1. The van der Waals surface area contributed by atoms with Gasteiger partial charge in [-0.1, -0.05) is 19.4 Å². The normalized spacial score (nSPS) is 17.1. The standard InChI is InChI=1S/C28H36N2O6/c1-7-8-15-36-21-11-10-20(16-18(21)2)26(31)24-25(19-9-12-22(34-5)23(17-19)35-6)30(14-13-29(3)4)28(33)27(24)32/h9-12,16-17,25,31H,7-8,13-15H2,1-6H3/b26-24+/t25-/m1/s1. The van der Waals surface area contributed by atoms with E-state index in [0.29, 0.717) is 42.3 Å². The first-order chi connectivity index (χ1) is 17.2. The minimum absolute atomic E-state index is 0.0463. The molecule has 8 nitrogen and oxygen atoms in total. The van der Waals surface area contributed by atoms with Gasteiger partial charge < -0.3 is 29.1 Å². The Balaban J connectivity index is 2.11. The topological polar surface area (TPSA) is 88.5 Å². The zero-order valence-corrected chi connectivity index (χ0v) is 22.0. The smallest absolute Gasteiger partial charge is 0.295 e. The molecule has 0 spiro atoms. The number of aliphatic hydroxyl groups is 1. The summed E-state index contributed by atoms with van der Waals surface area (Å²) in [6.07, 6.45) is 1.98. The van der Waals surface area contributed by atoms with Gasteiger partial charge in [0.1, 0.15) is 11.5 Å². The largest absolute Gasteiger partial charge is 0.507 e. The number of methoxy groups -OCH3 is 2. The van der Waals surface area contributed by atoms with Crippen LogP contribution < -0.4 is 14.2 Å². The maximum atomic E-state index is 13.3. The van der Waals surface area contributed by atoms with Gasteiger partial charge in [0.05, 0.1) is 32.4 Å². The molecule has 3 rings (SSSR count). The van der Waals surface area contributed by atoms with Crippen molar-refractivity contribution in [1.29, 1.82) is 0 Å². The minimum Gasteiger partial charge on any atom is -0.507 e. The molecular weight excluding hydrogens is 460 g/mol. The molecule has 36 heavy (non-hydrogen) atoms. The fraction of sp³-hybridized carbons (Fsp3) is 0.429. The fourth-order valence-corrected chi connectivity index (χ4v) is 4.23. The van der Waals surface area contributed by atoms with Crippen molar-refractivity contribution in [3.05, 3.63) is 58.7 Å². The second-order valence-electron chi connectivity index (χ2n) is 9.09. The Bertz CT molecular complexity index is 1140. The number of likely N-dealkylation sites (N-methyl/N-ethyl adjacent to an activating group) is 1. The lowest BCUT2D eigenvalue weighted by Gasteiger charge is -2.27. The third-order valence-corrected chi connectivity index (χ3v) is 6.26. The van der Waals surface area contributed by atoms with Crippen LogP contribution in [0.3, 0.4) is 0 Å². The van der Waals surface area contributed by atoms with Crippen LogP contribution >= 0.6 is 0 Å². The van der Waals surface area contributed by atoms with Crippen molar-refractivity contribution in [1.82, 2.24) is 9.80 Å². The monoisotopic (exact) mass is 496 g/mol. The third kappa shape index (κ3) is 5.65. The number of nitrogens with zero attached hydrogens (tertiary/aromatic N) is 2. The molecule has 2 aromatic rings. The van der Waals surface area contributed by atoms with E-state index in [2.05, 4.69) is 6.92 Å². The first-order valence-electron chi connectivity index (χ1n) is 12.1. The zero-order chi connectivity index (χ0) is 26.4. The Morgan fingerprint density at radius 2 is 1.72 bits per heavy atom. The van der Waals surface area contributed by atoms with Crippen LogP contribution in [-0.4, -0.2) is 74.6 Å². The molecule has 0 aromatic heterocycles. The summed E-state index contributed by atoms with van der Waals surface area (Å²) < 4.78 is 16.6. The second-order valence-corrected chi connectivity index (χ2v) is 9.09. The van der Waals surface area contributed by atoms with Crippen LogP contribution in [0.2, 0.25) is 0 Å². The number of ether oxygens (including phenoxy) is 3. The summed E-state index contributed by atoms with van der Waals surface area (Å²) in [7, 11) is 6.86. The average Bonchev–Trinajstić information content (AvgIpc) is 3.12. The molecule has 1 fully saturated rings. The number of rotatable bonds is 11. The molecule has 0 unspecified atom stereocenters. The van der Waals surface area contributed by atoms with Crippen molar-refractivity contribution in [3.63, 3.8) is 0 Å². The Labute approximate surface area is 213 Å². The fourth-order valence-electron chi connectivity index (χ4n) is 4.23. The summed E-state index contributed by atoms with van der Waals surface area (Å²) in [5.74, 6) is 0.145. The van der Waals surface area contributed by atoms with Gasteiger partial charge in [-0.25, -0.2) is 0 Å². The van der Waals surface area contributed by atoms with E-state index in [9.17, 15) is 14.7 Å². The first-order valence-corrected chi connectivity index (χ1v) is 12.1. The van der Waals surface area contributed by atoms with Gasteiger partial charge in [0.2, 0.25) is 0 Å². The molecular formula is C28H36N2O6. The number of aliphatic hydroxyl groups excluding tert-OH is 1. The van der Waals surface area contributed by atoms with E-state index in [0.717, 1.165) is 24.2 Å². The van der Waals surface area contributed by atoms with Gasteiger partial charge >= 0.3 is 0 Å². The summed E-state index contributed by atoms with van der Waals surface area (Å²) in [5.41, 5.74) is 1.97. The molecule has 0 radical (unpaired) electrons. The number of Topliss-reactive ketones (excluding diaryl/α,β-unsaturated/α-hetero) is 1. The van der Waals surface area contributed by atoms with E-state index in [-0.39, 0.29) is 11.3 Å². The number of unbranched alkanes of at least 4 members (excludes halogenated alkanes) is 1. The minimum atomic E-state index is -0.773. The zero-order valence-electron chi connectivity index (χ0n) is 22.0. The Kier molecular flexibility index (Phi) is 8.98. The second kappa shape index (κ2) is 11.9. The summed E-state index contributed by atoms with van der Waals surface area (Å²) in [6, 6.07) is 9.74.